The van der Waals surface area contributed by atoms with E-state index in [-0.39, 0.29) is 16.6 Å². The zero-order valence-corrected chi connectivity index (χ0v) is 19.4. The summed E-state index contributed by atoms with van der Waals surface area (Å²) in [5.41, 5.74) is 7.54. The normalized spacial score (nSPS) is 17.5. The molecule has 1 aliphatic carbocycles. The number of sulfone groups is 1. The third-order valence-corrected chi connectivity index (χ3v) is 8.50. The van der Waals surface area contributed by atoms with Gasteiger partial charge in [-0.15, -0.1) is 0 Å². The Morgan fingerprint density at radius 3 is 1.90 bits per heavy atom. The highest BCUT2D eigenvalue weighted by atomic mass is 32.2. The summed E-state index contributed by atoms with van der Waals surface area (Å²) in [6, 6.07) is 18.2. The van der Waals surface area contributed by atoms with Crippen molar-refractivity contribution < 1.29 is 8.42 Å². The van der Waals surface area contributed by atoms with Gasteiger partial charge in [-0.2, -0.15) is 0 Å². The quantitative estimate of drug-likeness (QED) is 0.523. The molecule has 0 saturated heterocycles. The zero-order valence-electron chi connectivity index (χ0n) is 18.5. The molecule has 0 amide bonds. The fourth-order valence-electron chi connectivity index (χ4n) is 4.50. The maximum absolute atomic E-state index is 12.0. The van der Waals surface area contributed by atoms with Crippen LogP contribution in [0.2, 0.25) is 0 Å². The van der Waals surface area contributed by atoms with Gasteiger partial charge in [-0.05, 0) is 76.3 Å². The first kappa shape index (κ1) is 20.9. The Hall–Kier alpha value is -2.33. The van der Waals surface area contributed by atoms with Gasteiger partial charge in [0, 0.05) is 11.4 Å². The number of aromatic amines is 1. The number of rotatable bonds is 4. The van der Waals surface area contributed by atoms with Crippen LogP contribution >= 0.6 is 0 Å². The predicted molar refractivity (Wildman–Crippen MR) is 125 cm³/mol. The molecule has 4 rings (SSSR count). The minimum atomic E-state index is -3.17. The number of aromatic nitrogens is 1. The van der Waals surface area contributed by atoms with Gasteiger partial charge in [0.2, 0.25) is 0 Å². The third-order valence-electron chi connectivity index (χ3n) is 6.75. The second-order valence-electron chi connectivity index (χ2n) is 9.74. The van der Waals surface area contributed by atoms with Crippen LogP contribution in [0.25, 0.3) is 22.5 Å². The maximum atomic E-state index is 12.0. The molecule has 0 bridgehead atoms. The van der Waals surface area contributed by atoms with Crippen molar-refractivity contribution >= 4 is 9.84 Å². The Bertz CT molecular complexity index is 1180. The summed E-state index contributed by atoms with van der Waals surface area (Å²) < 4.78 is 24.1. The van der Waals surface area contributed by atoms with E-state index in [1.165, 1.54) is 29.5 Å². The summed E-state index contributed by atoms with van der Waals surface area (Å²) in [5, 5.41) is 0. The van der Waals surface area contributed by atoms with Crippen molar-refractivity contribution in [3.63, 3.8) is 0 Å². The molecular formula is C26H31NO2S. The molecule has 0 aliphatic heterocycles. The van der Waals surface area contributed by atoms with E-state index in [0.29, 0.717) is 4.90 Å². The van der Waals surface area contributed by atoms with Crippen molar-refractivity contribution in [2.45, 2.75) is 63.2 Å². The lowest BCUT2D eigenvalue weighted by atomic mass is 9.63. The third kappa shape index (κ3) is 3.62. The Labute approximate surface area is 180 Å². The molecule has 1 aromatic heterocycles. The van der Waals surface area contributed by atoms with Crippen LogP contribution in [0, 0.1) is 0 Å². The van der Waals surface area contributed by atoms with Gasteiger partial charge in [-0.1, -0.05) is 58.9 Å². The molecule has 0 atom stereocenters. The fourth-order valence-corrected chi connectivity index (χ4v) is 5.38. The predicted octanol–water partition coefficient (Wildman–Crippen LogP) is 6.49. The lowest BCUT2D eigenvalue weighted by Gasteiger charge is -2.42. The molecule has 0 unspecified atom stereocenters. The minimum Gasteiger partial charge on any atom is -0.355 e. The van der Waals surface area contributed by atoms with Gasteiger partial charge >= 0.3 is 0 Å². The van der Waals surface area contributed by atoms with Gasteiger partial charge in [0.1, 0.15) is 0 Å². The van der Waals surface area contributed by atoms with Gasteiger partial charge in [0.05, 0.1) is 10.6 Å². The van der Waals surface area contributed by atoms with E-state index < -0.39 is 9.84 Å². The number of fused-ring (bicyclic) bond motifs is 1. The van der Waals surface area contributed by atoms with Crippen molar-refractivity contribution in [1.29, 1.82) is 0 Å². The van der Waals surface area contributed by atoms with Crippen molar-refractivity contribution in [3.8, 4) is 22.5 Å². The van der Waals surface area contributed by atoms with E-state index in [1.807, 2.05) is 12.1 Å². The molecule has 4 heteroatoms. The summed E-state index contributed by atoms with van der Waals surface area (Å²) >= 11 is 0. The van der Waals surface area contributed by atoms with E-state index >= 15 is 0 Å². The van der Waals surface area contributed by atoms with E-state index in [1.54, 1.807) is 19.1 Å². The second kappa shape index (κ2) is 7.12. The van der Waals surface area contributed by atoms with Gasteiger partial charge in [-0.3, -0.25) is 0 Å². The molecule has 0 spiro atoms. The van der Waals surface area contributed by atoms with Gasteiger partial charge in [0.15, 0.2) is 9.84 Å². The van der Waals surface area contributed by atoms with Crippen LogP contribution in [-0.4, -0.2) is 19.2 Å². The van der Waals surface area contributed by atoms with Crippen LogP contribution in [0.3, 0.4) is 0 Å². The van der Waals surface area contributed by atoms with Crippen molar-refractivity contribution in [3.05, 3.63) is 65.7 Å². The van der Waals surface area contributed by atoms with Crippen LogP contribution in [-0.2, 0) is 20.7 Å². The Balaban J connectivity index is 1.68. The molecule has 0 fully saturated rings. The maximum Gasteiger partial charge on any atom is 0.178 e. The van der Waals surface area contributed by atoms with Crippen molar-refractivity contribution in [2.75, 3.05) is 5.75 Å². The Kier molecular flexibility index (Phi) is 4.97. The molecule has 3 aromatic rings. The molecular weight excluding hydrogens is 390 g/mol. The summed E-state index contributed by atoms with van der Waals surface area (Å²) in [4.78, 5) is 3.90. The van der Waals surface area contributed by atoms with Crippen LogP contribution in [0.1, 0.15) is 58.6 Å². The van der Waals surface area contributed by atoms with Crippen LogP contribution in [0.4, 0.5) is 0 Å². The molecule has 0 radical (unpaired) electrons. The highest BCUT2D eigenvalue weighted by Crippen LogP contribution is 2.46. The number of benzene rings is 2. The number of hydrogen-bond acceptors (Lipinski definition) is 2. The molecule has 158 valence electrons. The molecule has 2 aromatic carbocycles. The molecule has 3 nitrogen and oxygen atoms in total. The van der Waals surface area contributed by atoms with E-state index in [0.717, 1.165) is 17.0 Å². The van der Waals surface area contributed by atoms with Crippen LogP contribution < -0.4 is 0 Å². The standard InChI is InChI=1S/C26H31NO2S/c1-6-30(28,29)20-10-7-18(8-11-20)23-13-14-24(27-23)19-9-12-21-22(17-19)26(4,5)16-15-25(21,2)3/h7-14,17,27H,6,15-16H2,1-5H3. The van der Waals surface area contributed by atoms with Crippen LogP contribution in [0.5, 0.6) is 0 Å². The highest BCUT2D eigenvalue weighted by molar-refractivity contribution is 7.91. The van der Waals surface area contributed by atoms with Gasteiger partial charge in [-0.25, -0.2) is 8.42 Å². The smallest absolute Gasteiger partial charge is 0.178 e. The molecule has 30 heavy (non-hydrogen) atoms. The molecule has 1 aliphatic rings. The van der Waals surface area contributed by atoms with Crippen LogP contribution in [0.15, 0.2) is 59.5 Å². The first-order chi connectivity index (χ1) is 14.0. The zero-order chi connectivity index (χ0) is 21.7. The number of H-pyrrole nitrogens is 1. The van der Waals surface area contributed by atoms with Crippen molar-refractivity contribution in [2.24, 2.45) is 0 Å². The van der Waals surface area contributed by atoms with E-state index in [2.05, 4.69) is 63.0 Å². The number of hydrogen-bond donors (Lipinski definition) is 1. The SMILES string of the molecule is CCS(=O)(=O)c1ccc(-c2ccc(-c3ccc4c(c3)C(C)(C)CCC4(C)C)[nH]2)cc1. The first-order valence-electron chi connectivity index (χ1n) is 10.7. The monoisotopic (exact) mass is 421 g/mol. The van der Waals surface area contributed by atoms with E-state index in [9.17, 15) is 8.42 Å². The summed E-state index contributed by atoms with van der Waals surface area (Å²) in [6.07, 6.45) is 2.40. The van der Waals surface area contributed by atoms with Gasteiger partial charge in [0.25, 0.3) is 0 Å². The topological polar surface area (TPSA) is 49.9 Å². The molecule has 1 heterocycles. The molecule has 1 N–H and O–H groups in total. The summed E-state index contributed by atoms with van der Waals surface area (Å²) in [7, 11) is -3.17. The van der Waals surface area contributed by atoms with Gasteiger partial charge < -0.3 is 4.98 Å². The summed E-state index contributed by atoms with van der Waals surface area (Å²) in [5.74, 6) is 0.116. The average Bonchev–Trinajstić information content (AvgIpc) is 3.22. The molecule has 0 saturated carbocycles. The number of nitrogens with one attached hydrogen (secondary N) is 1. The average molecular weight is 422 g/mol. The highest BCUT2D eigenvalue weighted by Gasteiger charge is 2.37. The lowest BCUT2D eigenvalue weighted by Crippen LogP contribution is -2.33. The lowest BCUT2D eigenvalue weighted by molar-refractivity contribution is 0.332. The first-order valence-corrected chi connectivity index (χ1v) is 12.4. The largest absolute Gasteiger partial charge is 0.355 e. The fraction of sp³-hybridized carbons (Fsp3) is 0.385. The minimum absolute atomic E-state index is 0.116. The Morgan fingerprint density at radius 1 is 0.767 bits per heavy atom. The second-order valence-corrected chi connectivity index (χ2v) is 12.0. The van der Waals surface area contributed by atoms with Crippen molar-refractivity contribution in [1.82, 2.24) is 4.98 Å². The van der Waals surface area contributed by atoms with E-state index in [4.69, 9.17) is 0 Å². The Morgan fingerprint density at radius 2 is 1.30 bits per heavy atom. The summed E-state index contributed by atoms with van der Waals surface area (Å²) in [6.45, 7) is 11.0.